The molecule has 0 aliphatic carbocycles. The number of aliphatic hydroxyl groups is 1. The van der Waals surface area contributed by atoms with Crippen molar-refractivity contribution < 1.29 is 9.50 Å². The second-order valence-electron chi connectivity index (χ2n) is 3.36. The van der Waals surface area contributed by atoms with Gasteiger partial charge < -0.3 is 5.11 Å². The molecule has 4 heteroatoms. The van der Waals surface area contributed by atoms with Crippen molar-refractivity contribution in [3.05, 3.63) is 29.6 Å². The number of thioether (sulfide) groups is 1. The summed E-state index contributed by atoms with van der Waals surface area (Å²) in [6, 6.07) is 6.30. The third-order valence-electron chi connectivity index (χ3n) is 1.90. The van der Waals surface area contributed by atoms with Gasteiger partial charge in [0, 0.05) is 17.3 Å². The van der Waals surface area contributed by atoms with Crippen LogP contribution in [0.5, 0.6) is 0 Å². The molecule has 0 aromatic heterocycles. The fourth-order valence-corrected chi connectivity index (χ4v) is 1.90. The molecule has 0 bridgehead atoms. The van der Waals surface area contributed by atoms with Crippen molar-refractivity contribution in [2.45, 2.75) is 11.8 Å². The molecule has 1 N–H and O–H groups in total. The Morgan fingerprint density at radius 1 is 1.60 bits per heavy atom. The standard InChI is InChI=1S/C11H12FNOS/c1-8(6-14)7-15-11-3-2-9(5-13)4-10(11)12/h2-4,8,14H,6-7H2,1H3. The monoisotopic (exact) mass is 225 g/mol. The molecule has 2 nitrogen and oxygen atoms in total. The topological polar surface area (TPSA) is 44.0 Å². The number of benzene rings is 1. The van der Waals surface area contributed by atoms with Crippen molar-refractivity contribution in [3.8, 4) is 6.07 Å². The maximum Gasteiger partial charge on any atom is 0.138 e. The number of rotatable bonds is 4. The summed E-state index contributed by atoms with van der Waals surface area (Å²) < 4.78 is 13.4. The van der Waals surface area contributed by atoms with Crippen LogP contribution in [0.3, 0.4) is 0 Å². The van der Waals surface area contributed by atoms with E-state index in [1.807, 2.05) is 13.0 Å². The molecule has 0 amide bonds. The van der Waals surface area contributed by atoms with Crippen LogP contribution in [0.4, 0.5) is 4.39 Å². The Balaban J connectivity index is 2.67. The third kappa shape index (κ3) is 3.54. The van der Waals surface area contributed by atoms with E-state index in [1.165, 1.54) is 17.8 Å². The molecule has 0 aliphatic heterocycles. The lowest BCUT2D eigenvalue weighted by Gasteiger charge is -2.07. The Hall–Kier alpha value is -1.05. The molecule has 0 heterocycles. The molecule has 1 aromatic rings. The molecule has 0 spiro atoms. The van der Waals surface area contributed by atoms with Crippen LogP contribution in [-0.2, 0) is 0 Å². The minimum Gasteiger partial charge on any atom is -0.396 e. The van der Waals surface area contributed by atoms with Crippen LogP contribution in [0.15, 0.2) is 23.1 Å². The number of hydrogen-bond donors (Lipinski definition) is 1. The van der Waals surface area contributed by atoms with Gasteiger partial charge in [-0.15, -0.1) is 11.8 Å². The van der Waals surface area contributed by atoms with E-state index in [9.17, 15) is 4.39 Å². The van der Waals surface area contributed by atoms with Crippen molar-refractivity contribution in [2.24, 2.45) is 5.92 Å². The van der Waals surface area contributed by atoms with Gasteiger partial charge in [0.15, 0.2) is 0 Å². The van der Waals surface area contributed by atoms with Gasteiger partial charge in [0.2, 0.25) is 0 Å². The maximum atomic E-state index is 13.4. The lowest BCUT2D eigenvalue weighted by molar-refractivity contribution is 0.250. The molecule has 1 unspecified atom stereocenters. The van der Waals surface area contributed by atoms with Crippen LogP contribution in [0.1, 0.15) is 12.5 Å². The molecule has 0 fully saturated rings. The number of hydrogen-bond acceptors (Lipinski definition) is 3. The van der Waals surface area contributed by atoms with Crippen molar-refractivity contribution in [3.63, 3.8) is 0 Å². The fraction of sp³-hybridized carbons (Fsp3) is 0.364. The zero-order valence-electron chi connectivity index (χ0n) is 8.40. The lowest BCUT2D eigenvalue weighted by Crippen LogP contribution is -2.03. The fourth-order valence-electron chi connectivity index (χ4n) is 0.972. The highest BCUT2D eigenvalue weighted by Gasteiger charge is 2.06. The van der Waals surface area contributed by atoms with Crippen LogP contribution in [0, 0.1) is 23.1 Å². The van der Waals surface area contributed by atoms with E-state index in [1.54, 1.807) is 12.1 Å². The molecule has 0 radical (unpaired) electrons. The Bertz CT molecular complexity index is 375. The summed E-state index contributed by atoms with van der Waals surface area (Å²) in [7, 11) is 0. The lowest BCUT2D eigenvalue weighted by atomic mass is 10.2. The highest BCUT2D eigenvalue weighted by atomic mass is 32.2. The van der Waals surface area contributed by atoms with Gasteiger partial charge in [-0.25, -0.2) is 4.39 Å². The SMILES string of the molecule is CC(CO)CSc1ccc(C#N)cc1F. The van der Waals surface area contributed by atoms with Gasteiger partial charge in [0.05, 0.1) is 11.6 Å². The van der Waals surface area contributed by atoms with Gasteiger partial charge >= 0.3 is 0 Å². The average molecular weight is 225 g/mol. The highest BCUT2D eigenvalue weighted by molar-refractivity contribution is 7.99. The minimum atomic E-state index is -0.371. The molecule has 1 rings (SSSR count). The summed E-state index contributed by atoms with van der Waals surface area (Å²) >= 11 is 1.35. The zero-order chi connectivity index (χ0) is 11.3. The third-order valence-corrected chi connectivity index (χ3v) is 3.27. The van der Waals surface area contributed by atoms with E-state index in [4.69, 9.17) is 10.4 Å². The van der Waals surface area contributed by atoms with E-state index in [0.717, 1.165) is 0 Å². The number of nitrogens with zero attached hydrogens (tertiary/aromatic N) is 1. The molecule has 0 saturated carbocycles. The predicted octanol–water partition coefficient (Wildman–Crippen LogP) is 2.42. The number of halogens is 1. The largest absolute Gasteiger partial charge is 0.396 e. The van der Waals surface area contributed by atoms with Crippen LogP contribution >= 0.6 is 11.8 Å². The van der Waals surface area contributed by atoms with Crippen molar-refractivity contribution in [1.82, 2.24) is 0 Å². The zero-order valence-corrected chi connectivity index (χ0v) is 9.22. The quantitative estimate of drug-likeness (QED) is 0.800. The van der Waals surface area contributed by atoms with Crippen molar-refractivity contribution >= 4 is 11.8 Å². The summed E-state index contributed by atoms with van der Waals surface area (Å²) in [5.74, 6) is 0.438. The van der Waals surface area contributed by atoms with Gasteiger partial charge in [-0.05, 0) is 24.1 Å². The minimum absolute atomic E-state index is 0.102. The van der Waals surface area contributed by atoms with Gasteiger partial charge in [0.25, 0.3) is 0 Å². The van der Waals surface area contributed by atoms with Gasteiger partial charge in [-0.1, -0.05) is 6.92 Å². The molecule has 15 heavy (non-hydrogen) atoms. The van der Waals surface area contributed by atoms with E-state index in [-0.39, 0.29) is 18.3 Å². The van der Waals surface area contributed by atoms with Crippen LogP contribution < -0.4 is 0 Å². The first-order valence-electron chi connectivity index (χ1n) is 4.60. The Morgan fingerprint density at radius 2 is 2.33 bits per heavy atom. The van der Waals surface area contributed by atoms with Gasteiger partial charge in [-0.2, -0.15) is 5.26 Å². The maximum absolute atomic E-state index is 13.4. The van der Waals surface area contributed by atoms with Crippen LogP contribution in [0.2, 0.25) is 0 Å². The molecule has 1 aromatic carbocycles. The number of nitriles is 1. The van der Waals surface area contributed by atoms with E-state index >= 15 is 0 Å². The molecule has 1 atom stereocenters. The van der Waals surface area contributed by atoms with E-state index in [0.29, 0.717) is 16.2 Å². The van der Waals surface area contributed by atoms with Crippen LogP contribution in [0.25, 0.3) is 0 Å². The van der Waals surface area contributed by atoms with Crippen molar-refractivity contribution in [2.75, 3.05) is 12.4 Å². The Kier molecular flexibility index (Phi) is 4.60. The van der Waals surface area contributed by atoms with Crippen LogP contribution in [-0.4, -0.2) is 17.5 Å². The van der Waals surface area contributed by atoms with Gasteiger partial charge in [0.1, 0.15) is 5.82 Å². The summed E-state index contributed by atoms with van der Waals surface area (Å²) in [4.78, 5) is 0.523. The Morgan fingerprint density at radius 3 is 2.87 bits per heavy atom. The summed E-state index contributed by atoms with van der Waals surface area (Å²) in [6.07, 6.45) is 0. The predicted molar refractivity (Wildman–Crippen MR) is 58.1 cm³/mol. The molecular weight excluding hydrogens is 213 g/mol. The van der Waals surface area contributed by atoms with E-state index in [2.05, 4.69) is 0 Å². The normalized spacial score (nSPS) is 12.1. The number of aliphatic hydroxyl groups excluding tert-OH is 1. The second kappa shape index (κ2) is 5.74. The van der Waals surface area contributed by atoms with Crippen molar-refractivity contribution in [1.29, 1.82) is 5.26 Å². The molecule has 80 valence electrons. The summed E-state index contributed by atoms with van der Waals surface area (Å²) in [5, 5.41) is 17.4. The Labute approximate surface area is 92.7 Å². The highest BCUT2D eigenvalue weighted by Crippen LogP contribution is 2.24. The van der Waals surface area contributed by atoms with Gasteiger partial charge in [-0.3, -0.25) is 0 Å². The first-order chi connectivity index (χ1) is 7.17. The first-order valence-corrected chi connectivity index (χ1v) is 5.59. The summed E-state index contributed by atoms with van der Waals surface area (Å²) in [6.45, 7) is 2.00. The smallest absolute Gasteiger partial charge is 0.138 e. The molecule has 0 aliphatic rings. The van der Waals surface area contributed by atoms with E-state index < -0.39 is 0 Å². The summed E-state index contributed by atoms with van der Waals surface area (Å²) in [5.41, 5.74) is 0.326. The molecule has 0 saturated heterocycles. The first kappa shape index (κ1) is 12.0. The second-order valence-corrected chi connectivity index (χ2v) is 4.42. The molecular formula is C11H12FNOS. The average Bonchev–Trinajstić information content (AvgIpc) is 2.26.